The number of aryl methyl sites for hydroxylation is 2. The number of hydrogen-bond donors (Lipinski definition) is 2. The second kappa shape index (κ2) is 11.1. The van der Waals surface area contributed by atoms with Crippen LogP contribution < -0.4 is 25.7 Å². The van der Waals surface area contributed by atoms with Crippen LogP contribution in [0.5, 0.6) is 11.5 Å². The van der Waals surface area contributed by atoms with Gasteiger partial charge in [0.15, 0.2) is 0 Å². The van der Waals surface area contributed by atoms with Gasteiger partial charge in [0.1, 0.15) is 23.0 Å². The fourth-order valence-corrected chi connectivity index (χ4v) is 4.12. The maximum atomic E-state index is 13.9. The maximum absolute atomic E-state index is 13.9. The lowest BCUT2D eigenvalue weighted by molar-refractivity contribution is -0.111. The highest BCUT2D eigenvalue weighted by Gasteiger charge is 2.19. The number of nitrogens with zero attached hydrogens (tertiary/aromatic N) is 4. The lowest BCUT2D eigenvalue weighted by Gasteiger charge is -2.16. The lowest BCUT2D eigenvalue weighted by atomic mass is 10.0. The van der Waals surface area contributed by atoms with Gasteiger partial charge in [0.25, 0.3) is 5.56 Å². The quantitative estimate of drug-likeness (QED) is 0.318. The molecule has 0 saturated carbocycles. The Hall–Kier alpha value is -4.44. The molecule has 0 spiro atoms. The Kier molecular flexibility index (Phi) is 7.69. The minimum Gasteiger partial charge on any atom is -0.497 e. The lowest BCUT2D eigenvalue weighted by Crippen LogP contribution is -2.24. The summed E-state index contributed by atoms with van der Waals surface area (Å²) in [6, 6.07) is 8.62. The van der Waals surface area contributed by atoms with Gasteiger partial charge < -0.3 is 20.1 Å². The Balaban J connectivity index is 1.83. The van der Waals surface area contributed by atoms with Gasteiger partial charge in [-0.25, -0.2) is 9.97 Å². The molecule has 0 atom stereocenters. The third kappa shape index (κ3) is 5.39. The number of pyridine rings is 2. The van der Waals surface area contributed by atoms with E-state index in [1.54, 1.807) is 48.3 Å². The fourth-order valence-electron chi connectivity index (χ4n) is 3.83. The number of carbonyl (C=O) groups excluding carboxylic acids is 1. The molecule has 0 saturated heterocycles. The molecule has 4 rings (SSSR count). The summed E-state index contributed by atoms with van der Waals surface area (Å²) < 4.78 is 12.4. The third-order valence-corrected chi connectivity index (χ3v) is 6.08. The van der Waals surface area contributed by atoms with Gasteiger partial charge in [0.05, 0.1) is 19.2 Å². The Bertz CT molecular complexity index is 1550. The van der Waals surface area contributed by atoms with Gasteiger partial charge in [-0.2, -0.15) is 4.98 Å². The normalized spacial score (nSPS) is 10.7. The Morgan fingerprint density at radius 3 is 2.68 bits per heavy atom. The molecule has 2 N–H and O–H groups in total. The van der Waals surface area contributed by atoms with Crippen LogP contribution in [0.1, 0.15) is 5.56 Å². The maximum Gasteiger partial charge on any atom is 0.260 e. The first-order chi connectivity index (χ1) is 17.9. The van der Waals surface area contributed by atoms with Crippen molar-refractivity contribution in [3.05, 3.63) is 76.3 Å². The summed E-state index contributed by atoms with van der Waals surface area (Å²) in [5.74, 6) is 1.29. The van der Waals surface area contributed by atoms with E-state index < -0.39 is 0 Å². The number of methoxy groups -OCH3 is 2. The van der Waals surface area contributed by atoms with E-state index in [1.165, 1.54) is 20.3 Å². The molecule has 0 unspecified atom stereocenters. The first kappa shape index (κ1) is 25.6. The van der Waals surface area contributed by atoms with E-state index in [1.807, 2.05) is 6.07 Å². The predicted octanol–water partition coefficient (Wildman–Crippen LogP) is 3.93. The molecule has 3 aromatic heterocycles. The summed E-state index contributed by atoms with van der Waals surface area (Å²) in [5, 5.41) is 6.49. The van der Waals surface area contributed by atoms with Gasteiger partial charge in [-0.1, -0.05) is 18.2 Å². The average Bonchev–Trinajstić information content (AvgIpc) is 2.92. The van der Waals surface area contributed by atoms with Crippen LogP contribution in [0, 0.1) is 0 Å². The van der Waals surface area contributed by atoms with Gasteiger partial charge in [-0.3, -0.25) is 14.2 Å². The average molecular weight is 521 g/mol. The molecule has 37 heavy (non-hydrogen) atoms. The summed E-state index contributed by atoms with van der Waals surface area (Å²) in [5.41, 5.74) is 1.86. The molecule has 0 aliphatic heterocycles. The van der Waals surface area contributed by atoms with E-state index in [4.69, 9.17) is 21.1 Å². The van der Waals surface area contributed by atoms with Crippen LogP contribution in [0.25, 0.3) is 22.2 Å². The van der Waals surface area contributed by atoms with Crippen LogP contribution in [0.3, 0.4) is 0 Å². The fraction of sp³-hybridized carbons (Fsp3) is 0.192. The number of ether oxygens (including phenoxy) is 2. The number of carbonyl (C=O) groups is 1. The molecule has 190 valence electrons. The van der Waals surface area contributed by atoms with Crippen molar-refractivity contribution in [3.8, 4) is 22.6 Å². The summed E-state index contributed by atoms with van der Waals surface area (Å²) in [7, 11) is 4.73. The van der Waals surface area contributed by atoms with Crippen molar-refractivity contribution in [2.24, 2.45) is 0 Å². The molecule has 4 aromatic rings. The van der Waals surface area contributed by atoms with Crippen molar-refractivity contribution in [3.63, 3.8) is 0 Å². The highest BCUT2D eigenvalue weighted by atomic mass is 35.5. The number of anilines is 2. The molecule has 0 aliphatic carbocycles. The number of hydrogen-bond acceptors (Lipinski definition) is 8. The van der Waals surface area contributed by atoms with Crippen molar-refractivity contribution in [1.29, 1.82) is 0 Å². The van der Waals surface area contributed by atoms with Gasteiger partial charge in [-0.15, -0.1) is 0 Å². The minimum absolute atomic E-state index is 0.288. The van der Waals surface area contributed by atoms with Crippen molar-refractivity contribution >= 4 is 40.3 Å². The molecule has 0 bridgehead atoms. The molecule has 1 aromatic carbocycles. The minimum atomic E-state index is -0.360. The molecule has 0 fully saturated rings. The van der Waals surface area contributed by atoms with E-state index >= 15 is 0 Å². The Labute approximate surface area is 217 Å². The Morgan fingerprint density at radius 2 is 1.97 bits per heavy atom. The summed E-state index contributed by atoms with van der Waals surface area (Å²) in [4.78, 5) is 38.5. The number of amides is 1. The molecular weight excluding hydrogens is 496 g/mol. The second-order valence-corrected chi connectivity index (χ2v) is 8.30. The van der Waals surface area contributed by atoms with Crippen LogP contribution in [-0.4, -0.2) is 46.7 Å². The van der Waals surface area contributed by atoms with Crippen molar-refractivity contribution in [2.45, 2.75) is 13.0 Å². The predicted molar refractivity (Wildman–Crippen MR) is 144 cm³/mol. The van der Waals surface area contributed by atoms with Gasteiger partial charge >= 0.3 is 0 Å². The molecule has 11 heteroatoms. The monoisotopic (exact) mass is 520 g/mol. The number of rotatable bonds is 9. The SMILES string of the molecule is C=CC(=O)Nc1cc(CCn2c(=O)c(-c3cc(OC)cc(OC)c3Cl)cc3cnc(NC)nc32)ccn1. The standard InChI is InChI=1S/C26H25ClN6O4/c1-5-22(34)31-21-10-15(6-8-29-21)7-9-33-24-16(14-30-26(28-2)32-24)11-19(25(33)35)18-12-17(36-3)13-20(37-4)23(18)27/h5-6,8,10-14H,1,7,9H2,2-4H3,(H,28,30,32)(H,29,31,34). The number of aromatic nitrogens is 4. The van der Waals surface area contributed by atoms with E-state index in [0.29, 0.717) is 58.4 Å². The zero-order chi connectivity index (χ0) is 26.5. The van der Waals surface area contributed by atoms with Crippen LogP contribution in [0.2, 0.25) is 5.02 Å². The first-order valence-electron chi connectivity index (χ1n) is 11.3. The van der Waals surface area contributed by atoms with Crippen molar-refractivity contribution < 1.29 is 14.3 Å². The second-order valence-electron chi connectivity index (χ2n) is 7.92. The van der Waals surface area contributed by atoms with Crippen molar-refractivity contribution in [1.82, 2.24) is 19.5 Å². The summed E-state index contributed by atoms with van der Waals surface area (Å²) in [6.07, 6.45) is 4.87. The number of fused-ring (bicyclic) bond motifs is 1. The first-order valence-corrected chi connectivity index (χ1v) is 11.6. The van der Waals surface area contributed by atoms with Crippen LogP contribution in [0.15, 0.2) is 60.2 Å². The van der Waals surface area contributed by atoms with Crippen LogP contribution in [0.4, 0.5) is 11.8 Å². The molecule has 0 radical (unpaired) electrons. The summed E-state index contributed by atoms with van der Waals surface area (Å²) >= 11 is 6.62. The smallest absolute Gasteiger partial charge is 0.260 e. The zero-order valence-electron chi connectivity index (χ0n) is 20.5. The molecular formula is C26H25ClN6O4. The molecule has 1 amide bonds. The van der Waals surface area contributed by atoms with Gasteiger partial charge in [-0.05, 0) is 42.3 Å². The number of nitrogens with one attached hydrogen (secondary N) is 2. The molecule has 3 heterocycles. The topological polar surface area (TPSA) is 120 Å². The number of benzene rings is 1. The Morgan fingerprint density at radius 1 is 1.16 bits per heavy atom. The largest absolute Gasteiger partial charge is 0.497 e. The van der Waals surface area contributed by atoms with E-state index in [9.17, 15) is 9.59 Å². The third-order valence-electron chi connectivity index (χ3n) is 5.69. The van der Waals surface area contributed by atoms with Crippen molar-refractivity contribution in [2.75, 3.05) is 31.9 Å². The number of halogens is 1. The van der Waals surface area contributed by atoms with Gasteiger partial charge in [0, 0.05) is 48.6 Å². The van der Waals surface area contributed by atoms with E-state index in [0.717, 1.165) is 5.56 Å². The van der Waals surface area contributed by atoms with Crippen LogP contribution in [-0.2, 0) is 17.8 Å². The van der Waals surface area contributed by atoms with E-state index in [2.05, 4.69) is 32.2 Å². The van der Waals surface area contributed by atoms with E-state index in [-0.39, 0.29) is 16.5 Å². The molecule has 0 aliphatic rings. The molecule has 10 nitrogen and oxygen atoms in total. The summed E-state index contributed by atoms with van der Waals surface area (Å²) in [6.45, 7) is 3.74. The zero-order valence-corrected chi connectivity index (χ0v) is 21.3. The highest BCUT2D eigenvalue weighted by Crippen LogP contribution is 2.38. The van der Waals surface area contributed by atoms with Crippen LogP contribution >= 0.6 is 11.6 Å². The highest BCUT2D eigenvalue weighted by molar-refractivity contribution is 6.35. The van der Waals surface area contributed by atoms with Gasteiger partial charge in [0.2, 0.25) is 11.9 Å².